The van der Waals surface area contributed by atoms with Gasteiger partial charge in [-0.25, -0.2) is 9.59 Å². The van der Waals surface area contributed by atoms with E-state index in [-0.39, 0.29) is 11.4 Å². The highest BCUT2D eigenvalue weighted by molar-refractivity contribution is 7.86. The normalized spacial score (nSPS) is 21.8. The molecule has 0 aromatic heterocycles. The van der Waals surface area contributed by atoms with Gasteiger partial charge in [0.15, 0.2) is 6.10 Å². The summed E-state index contributed by atoms with van der Waals surface area (Å²) >= 11 is 0. The predicted molar refractivity (Wildman–Crippen MR) is 126 cm³/mol. The van der Waals surface area contributed by atoms with E-state index in [4.69, 9.17) is 9.47 Å². The van der Waals surface area contributed by atoms with Crippen molar-refractivity contribution < 1.29 is 28.1 Å². The average Bonchev–Trinajstić information content (AvgIpc) is 2.80. The maximum absolute atomic E-state index is 13.2. The molecule has 9 heteroatoms. The number of ether oxygens (including phenoxy) is 2. The molecular formula is C25H26N2O6S. The minimum absolute atomic E-state index is 0.0219. The maximum atomic E-state index is 13.2. The van der Waals surface area contributed by atoms with Gasteiger partial charge in [-0.3, -0.25) is 13.9 Å². The quantitative estimate of drug-likeness (QED) is 0.519. The van der Waals surface area contributed by atoms with Crippen LogP contribution in [0, 0.1) is 0 Å². The van der Waals surface area contributed by atoms with Gasteiger partial charge in [0, 0.05) is 5.75 Å². The number of carbonyl (C=O) groups excluding carboxylic acids is 3. The molecule has 34 heavy (non-hydrogen) atoms. The van der Waals surface area contributed by atoms with E-state index in [0.29, 0.717) is 0 Å². The molecule has 0 spiro atoms. The Morgan fingerprint density at radius 1 is 1.03 bits per heavy atom. The van der Waals surface area contributed by atoms with E-state index in [2.05, 4.69) is 5.32 Å². The van der Waals surface area contributed by atoms with Gasteiger partial charge in [0.05, 0.1) is 10.8 Å². The Labute approximate surface area is 200 Å². The van der Waals surface area contributed by atoms with E-state index >= 15 is 0 Å². The van der Waals surface area contributed by atoms with E-state index in [1.807, 2.05) is 60.7 Å². The van der Waals surface area contributed by atoms with Crippen molar-refractivity contribution in [3.8, 4) is 0 Å². The molecule has 0 saturated carbocycles. The number of carbonyl (C=O) groups is 3. The van der Waals surface area contributed by atoms with Gasteiger partial charge in [-0.2, -0.15) is 0 Å². The van der Waals surface area contributed by atoms with Gasteiger partial charge < -0.3 is 14.8 Å². The minimum atomic E-state index is -1.49. The standard InChI is InChI=1S/C25H26N2O6S/c1-25(2,3)33-24(30)26-19-21(28)27-18(14-15-34(31)22(19)27)23(29)32-20(16-10-6-4-7-11-16)17-12-8-5-9-13-17/h4-14,19-20,22H,15H2,1-3H3,(H,26,30). The number of amides is 2. The van der Waals surface area contributed by atoms with Gasteiger partial charge in [0.25, 0.3) is 5.91 Å². The van der Waals surface area contributed by atoms with Crippen LogP contribution in [-0.4, -0.2) is 49.8 Å². The summed E-state index contributed by atoms with van der Waals surface area (Å²) in [6.07, 6.45) is -0.0213. The monoisotopic (exact) mass is 482 g/mol. The molecule has 3 atom stereocenters. The third-order valence-corrected chi connectivity index (χ3v) is 6.84. The molecule has 178 valence electrons. The van der Waals surface area contributed by atoms with Crippen LogP contribution in [0.1, 0.15) is 38.0 Å². The van der Waals surface area contributed by atoms with Crippen molar-refractivity contribution in [3.05, 3.63) is 83.6 Å². The SMILES string of the molecule is CC(C)(C)OC(=O)NC1C(=O)N2C(C(=O)OC(c3ccccc3)c3ccccc3)=CCS(=O)C12. The fraction of sp³-hybridized carbons (Fsp3) is 0.320. The zero-order chi connectivity index (χ0) is 24.5. The first-order valence-corrected chi connectivity index (χ1v) is 12.2. The number of β-lactam (4-membered cyclic amide) rings is 1. The molecule has 2 aromatic rings. The number of hydrogen-bond donors (Lipinski definition) is 1. The first-order chi connectivity index (χ1) is 16.2. The molecule has 1 N–H and O–H groups in total. The smallest absolute Gasteiger partial charge is 0.408 e. The Morgan fingerprint density at radius 3 is 2.12 bits per heavy atom. The maximum Gasteiger partial charge on any atom is 0.408 e. The summed E-state index contributed by atoms with van der Waals surface area (Å²) in [4.78, 5) is 39.4. The molecule has 2 aliphatic heterocycles. The average molecular weight is 483 g/mol. The van der Waals surface area contributed by atoms with Crippen LogP contribution in [0.25, 0.3) is 0 Å². The molecule has 3 unspecified atom stereocenters. The zero-order valence-corrected chi connectivity index (χ0v) is 19.9. The Kier molecular flexibility index (Phi) is 6.56. The number of hydrogen-bond acceptors (Lipinski definition) is 6. The van der Waals surface area contributed by atoms with Crippen LogP contribution in [0.4, 0.5) is 4.79 Å². The van der Waals surface area contributed by atoms with Crippen LogP contribution in [0.5, 0.6) is 0 Å². The molecule has 1 saturated heterocycles. The minimum Gasteiger partial charge on any atom is -0.448 e. The predicted octanol–water partition coefficient (Wildman–Crippen LogP) is 3.03. The summed E-state index contributed by atoms with van der Waals surface area (Å²) in [6.45, 7) is 5.10. The van der Waals surface area contributed by atoms with Crippen LogP contribution in [0.3, 0.4) is 0 Å². The third kappa shape index (κ3) is 4.89. The molecule has 0 radical (unpaired) electrons. The lowest BCUT2D eigenvalue weighted by atomic mass is 10.0. The lowest BCUT2D eigenvalue weighted by Gasteiger charge is -2.48. The molecule has 8 nitrogen and oxygen atoms in total. The van der Waals surface area contributed by atoms with E-state index in [9.17, 15) is 18.6 Å². The Hall–Kier alpha value is -3.46. The van der Waals surface area contributed by atoms with Gasteiger partial charge in [0.2, 0.25) is 0 Å². The summed E-state index contributed by atoms with van der Waals surface area (Å²) in [6, 6.07) is 17.5. The van der Waals surface area contributed by atoms with Crippen LogP contribution in [0.2, 0.25) is 0 Å². The van der Waals surface area contributed by atoms with Crippen LogP contribution in [0.15, 0.2) is 72.4 Å². The van der Waals surface area contributed by atoms with Crippen molar-refractivity contribution in [3.63, 3.8) is 0 Å². The van der Waals surface area contributed by atoms with Crippen molar-refractivity contribution in [2.75, 3.05) is 5.75 Å². The third-order valence-electron chi connectivity index (χ3n) is 5.32. The van der Waals surface area contributed by atoms with Crippen molar-refractivity contribution in [1.29, 1.82) is 0 Å². The van der Waals surface area contributed by atoms with Crippen molar-refractivity contribution in [1.82, 2.24) is 10.2 Å². The Bertz CT molecular complexity index is 1100. The van der Waals surface area contributed by atoms with Gasteiger partial charge in [-0.15, -0.1) is 0 Å². The fourth-order valence-electron chi connectivity index (χ4n) is 3.85. The Balaban J connectivity index is 1.53. The number of fused-ring (bicyclic) bond motifs is 1. The van der Waals surface area contributed by atoms with Crippen molar-refractivity contribution >= 4 is 28.8 Å². The molecule has 4 rings (SSSR count). The molecule has 0 aliphatic carbocycles. The summed E-state index contributed by atoms with van der Waals surface area (Å²) in [5.41, 5.74) is 0.825. The van der Waals surface area contributed by atoms with Crippen molar-refractivity contribution in [2.24, 2.45) is 0 Å². The number of alkyl carbamates (subject to hydrolysis) is 1. The summed E-state index contributed by atoms with van der Waals surface area (Å²) in [7, 11) is -1.49. The lowest BCUT2D eigenvalue weighted by molar-refractivity contribution is -0.153. The first-order valence-electron chi connectivity index (χ1n) is 10.9. The highest BCUT2D eigenvalue weighted by atomic mass is 32.2. The Morgan fingerprint density at radius 2 is 1.59 bits per heavy atom. The van der Waals surface area contributed by atoms with E-state index in [0.717, 1.165) is 16.0 Å². The van der Waals surface area contributed by atoms with Gasteiger partial charge in [-0.05, 0) is 38.0 Å². The number of nitrogens with one attached hydrogen (secondary N) is 1. The molecule has 2 heterocycles. The highest BCUT2D eigenvalue weighted by Crippen LogP contribution is 2.34. The summed E-state index contributed by atoms with van der Waals surface area (Å²) in [5.74, 6) is -1.18. The molecular weight excluding hydrogens is 456 g/mol. The zero-order valence-electron chi connectivity index (χ0n) is 19.1. The number of nitrogens with zero attached hydrogens (tertiary/aromatic N) is 1. The second-order valence-electron chi connectivity index (χ2n) is 8.97. The molecule has 2 aliphatic rings. The molecule has 2 aromatic carbocycles. The van der Waals surface area contributed by atoms with Gasteiger partial charge >= 0.3 is 12.1 Å². The van der Waals surface area contributed by atoms with E-state index in [1.165, 1.54) is 6.08 Å². The highest BCUT2D eigenvalue weighted by Gasteiger charge is 2.56. The van der Waals surface area contributed by atoms with Gasteiger partial charge in [-0.1, -0.05) is 60.7 Å². The van der Waals surface area contributed by atoms with E-state index in [1.54, 1.807) is 20.8 Å². The second kappa shape index (κ2) is 9.42. The van der Waals surface area contributed by atoms with Crippen LogP contribution >= 0.6 is 0 Å². The van der Waals surface area contributed by atoms with Crippen molar-refractivity contribution in [2.45, 2.75) is 43.9 Å². The van der Waals surface area contributed by atoms with E-state index < -0.39 is 51.9 Å². The summed E-state index contributed by atoms with van der Waals surface area (Å²) in [5, 5.41) is 1.62. The molecule has 2 amide bonds. The molecule has 0 bridgehead atoms. The second-order valence-corrected chi connectivity index (χ2v) is 10.5. The number of benzene rings is 2. The molecule has 1 fully saturated rings. The van der Waals surface area contributed by atoms with Crippen LogP contribution < -0.4 is 5.32 Å². The fourth-order valence-corrected chi connectivity index (χ4v) is 5.31. The number of esters is 1. The van der Waals surface area contributed by atoms with Crippen LogP contribution in [-0.2, 0) is 29.9 Å². The lowest BCUT2D eigenvalue weighted by Crippen LogP contribution is -2.73. The first kappa shape index (κ1) is 23.7. The topological polar surface area (TPSA) is 102 Å². The summed E-state index contributed by atoms with van der Waals surface area (Å²) < 4.78 is 23.7. The van der Waals surface area contributed by atoms with Gasteiger partial charge in [0.1, 0.15) is 22.7 Å². The number of rotatable bonds is 5. The largest absolute Gasteiger partial charge is 0.448 e.